The lowest BCUT2D eigenvalue weighted by atomic mass is 10.2. The lowest BCUT2D eigenvalue weighted by Gasteiger charge is -1.92. The maximum absolute atomic E-state index is 9.06. The second-order valence-corrected chi connectivity index (χ2v) is 3.15. The summed E-state index contributed by atoms with van der Waals surface area (Å²) in [6.45, 7) is 0. The van der Waals surface area contributed by atoms with E-state index in [1.54, 1.807) is 12.3 Å². The van der Waals surface area contributed by atoms with Crippen molar-refractivity contribution in [1.82, 2.24) is 4.98 Å². The molecule has 0 radical (unpaired) electrons. The van der Waals surface area contributed by atoms with Crippen LogP contribution < -0.4 is 0 Å². The fraction of sp³-hybridized carbons (Fsp3) is 0.222. The number of allylic oxidation sites excluding steroid dienone is 1. The lowest BCUT2D eigenvalue weighted by molar-refractivity contribution is 0.472. The normalized spacial score (nSPS) is 10.8. The summed E-state index contributed by atoms with van der Waals surface area (Å²) in [4.78, 5) is 3.85. The second-order valence-electron chi connectivity index (χ2n) is 2.36. The van der Waals surface area contributed by atoms with Crippen LogP contribution in [0.25, 0.3) is 6.08 Å². The Hall–Kier alpha value is -0.830. The van der Waals surface area contributed by atoms with E-state index in [0.717, 1.165) is 17.3 Å². The monoisotopic (exact) mass is 227 g/mol. The number of pyridine rings is 1. The van der Waals surface area contributed by atoms with Crippen molar-refractivity contribution in [2.24, 2.45) is 0 Å². The van der Waals surface area contributed by atoms with E-state index < -0.39 is 0 Å². The van der Waals surface area contributed by atoms with Crippen LogP contribution >= 0.6 is 15.9 Å². The van der Waals surface area contributed by atoms with Crippen molar-refractivity contribution in [1.29, 1.82) is 0 Å². The van der Waals surface area contributed by atoms with E-state index in [-0.39, 0.29) is 5.75 Å². The predicted octanol–water partition coefficient (Wildman–Crippen LogP) is 2.59. The van der Waals surface area contributed by atoms with Crippen molar-refractivity contribution in [3.63, 3.8) is 0 Å². The summed E-state index contributed by atoms with van der Waals surface area (Å²) in [5.41, 5.74) is 0.927. The molecular formula is C9H10BrNO. The number of aromatic hydroxyl groups is 1. The minimum atomic E-state index is 0.205. The zero-order chi connectivity index (χ0) is 8.81. The molecule has 1 aromatic heterocycles. The summed E-state index contributed by atoms with van der Waals surface area (Å²) in [7, 11) is 0. The molecule has 64 valence electrons. The number of alkyl halides is 1. The minimum Gasteiger partial charge on any atom is -0.506 e. The van der Waals surface area contributed by atoms with Crippen molar-refractivity contribution in [2.45, 2.75) is 6.42 Å². The molecule has 1 rings (SSSR count). The molecule has 0 saturated heterocycles. The first-order chi connectivity index (χ1) is 5.83. The maximum atomic E-state index is 9.06. The van der Waals surface area contributed by atoms with Crippen LogP contribution in [-0.2, 0) is 0 Å². The number of rotatable bonds is 3. The Kier molecular flexibility index (Phi) is 3.80. The number of halogens is 1. The van der Waals surface area contributed by atoms with Crippen molar-refractivity contribution in [2.75, 3.05) is 5.33 Å². The van der Waals surface area contributed by atoms with Gasteiger partial charge in [-0.15, -0.1) is 0 Å². The molecule has 0 spiro atoms. The van der Waals surface area contributed by atoms with Crippen LogP contribution in [0.15, 0.2) is 24.5 Å². The molecule has 0 fully saturated rings. The highest BCUT2D eigenvalue weighted by Gasteiger charge is 1.88. The molecule has 2 nitrogen and oxygen atoms in total. The van der Waals surface area contributed by atoms with Gasteiger partial charge in [0.1, 0.15) is 5.75 Å². The van der Waals surface area contributed by atoms with Gasteiger partial charge in [-0.1, -0.05) is 28.1 Å². The molecule has 12 heavy (non-hydrogen) atoms. The SMILES string of the molecule is Oc1cncc(C=CCCBr)c1. The van der Waals surface area contributed by atoms with Crippen molar-refractivity contribution < 1.29 is 5.11 Å². The van der Waals surface area contributed by atoms with Gasteiger partial charge in [-0.3, -0.25) is 4.98 Å². The Labute approximate surface area is 80.1 Å². The van der Waals surface area contributed by atoms with E-state index >= 15 is 0 Å². The van der Waals surface area contributed by atoms with E-state index in [2.05, 4.69) is 20.9 Å². The Morgan fingerprint density at radius 2 is 2.33 bits per heavy atom. The van der Waals surface area contributed by atoms with Gasteiger partial charge in [0.25, 0.3) is 0 Å². The Balaban J connectivity index is 2.63. The van der Waals surface area contributed by atoms with E-state index in [9.17, 15) is 0 Å². The number of nitrogens with zero attached hydrogens (tertiary/aromatic N) is 1. The van der Waals surface area contributed by atoms with Crippen molar-refractivity contribution >= 4 is 22.0 Å². The molecule has 1 N–H and O–H groups in total. The number of hydrogen-bond acceptors (Lipinski definition) is 2. The third kappa shape index (κ3) is 3.05. The molecule has 0 aromatic carbocycles. The molecule has 1 heterocycles. The molecule has 0 aliphatic heterocycles. The highest BCUT2D eigenvalue weighted by molar-refractivity contribution is 9.09. The van der Waals surface area contributed by atoms with Crippen LogP contribution in [0.2, 0.25) is 0 Å². The zero-order valence-electron chi connectivity index (χ0n) is 6.57. The quantitative estimate of drug-likeness (QED) is 0.806. The average molecular weight is 228 g/mol. The minimum absolute atomic E-state index is 0.205. The first kappa shape index (κ1) is 9.26. The third-order valence-corrected chi connectivity index (χ3v) is 1.79. The van der Waals surface area contributed by atoms with Gasteiger partial charge in [0.15, 0.2) is 0 Å². The Morgan fingerprint density at radius 1 is 1.50 bits per heavy atom. The Bertz CT molecular complexity index is 273. The van der Waals surface area contributed by atoms with Gasteiger partial charge in [-0.25, -0.2) is 0 Å². The molecular weight excluding hydrogens is 218 g/mol. The molecule has 0 saturated carbocycles. The van der Waals surface area contributed by atoms with Gasteiger partial charge in [0.2, 0.25) is 0 Å². The van der Waals surface area contributed by atoms with Gasteiger partial charge in [0, 0.05) is 11.5 Å². The fourth-order valence-electron chi connectivity index (χ4n) is 0.819. The molecule has 0 atom stereocenters. The van der Waals surface area contributed by atoms with Crippen LogP contribution in [0, 0.1) is 0 Å². The van der Waals surface area contributed by atoms with Gasteiger partial charge >= 0.3 is 0 Å². The van der Waals surface area contributed by atoms with E-state index in [1.807, 2.05) is 12.2 Å². The van der Waals surface area contributed by atoms with E-state index in [1.165, 1.54) is 6.20 Å². The molecule has 0 aliphatic rings. The average Bonchev–Trinajstić information content (AvgIpc) is 2.05. The van der Waals surface area contributed by atoms with Crippen molar-refractivity contribution in [3.8, 4) is 5.75 Å². The Morgan fingerprint density at radius 3 is 3.00 bits per heavy atom. The molecule has 0 amide bonds. The van der Waals surface area contributed by atoms with Crippen LogP contribution in [-0.4, -0.2) is 15.4 Å². The first-order valence-corrected chi connectivity index (χ1v) is 4.81. The highest BCUT2D eigenvalue weighted by Crippen LogP contribution is 2.10. The summed E-state index contributed by atoms with van der Waals surface area (Å²) in [6, 6.07) is 1.68. The largest absolute Gasteiger partial charge is 0.506 e. The predicted molar refractivity (Wildman–Crippen MR) is 53.3 cm³/mol. The van der Waals surface area contributed by atoms with Gasteiger partial charge in [-0.2, -0.15) is 0 Å². The third-order valence-electron chi connectivity index (χ3n) is 1.33. The topological polar surface area (TPSA) is 33.1 Å². The van der Waals surface area contributed by atoms with Crippen molar-refractivity contribution in [3.05, 3.63) is 30.1 Å². The van der Waals surface area contributed by atoms with Gasteiger partial charge in [0.05, 0.1) is 6.20 Å². The summed E-state index contributed by atoms with van der Waals surface area (Å²) < 4.78 is 0. The van der Waals surface area contributed by atoms with Crippen LogP contribution in [0.3, 0.4) is 0 Å². The lowest BCUT2D eigenvalue weighted by Crippen LogP contribution is -1.75. The smallest absolute Gasteiger partial charge is 0.134 e. The van der Waals surface area contributed by atoms with Gasteiger partial charge < -0.3 is 5.11 Å². The van der Waals surface area contributed by atoms with Crippen LogP contribution in [0.5, 0.6) is 5.75 Å². The summed E-state index contributed by atoms with van der Waals surface area (Å²) in [6.07, 6.45) is 8.08. The molecule has 1 aromatic rings. The zero-order valence-corrected chi connectivity index (χ0v) is 8.16. The van der Waals surface area contributed by atoms with E-state index in [4.69, 9.17) is 5.11 Å². The fourth-order valence-corrected chi connectivity index (χ4v) is 1.08. The second kappa shape index (κ2) is 4.93. The van der Waals surface area contributed by atoms with Crippen LogP contribution in [0.1, 0.15) is 12.0 Å². The van der Waals surface area contributed by atoms with E-state index in [0.29, 0.717) is 0 Å². The molecule has 0 aliphatic carbocycles. The number of aromatic nitrogens is 1. The van der Waals surface area contributed by atoms with Gasteiger partial charge in [-0.05, 0) is 18.1 Å². The summed E-state index contributed by atoms with van der Waals surface area (Å²) in [5.74, 6) is 0.205. The first-order valence-electron chi connectivity index (χ1n) is 3.69. The molecule has 0 bridgehead atoms. The molecule has 0 unspecified atom stereocenters. The highest BCUT2D eigenvalue weighted by atomic mass is 79.9. The summed E-state index contributed by atoms with van der Waals surface area (Å²) >= 11 is 3.32. The van der Waals surface area contributed by atoms with Crippen LogP contribution in [0.4, 0.5) is 0 Å². The molecule has 3 heteroatoms. The maximum Gasteiger partial charge on any atom is 0.134 e. The summed E-state index contributed by atoms with van der Waals surface area (Å²) in [5, 5.41) is 10.0. The standard InChI is InChI=1S/C9H10BrNO/c10-4-2-1-3-8-5-9(12)7-11-6-8/h1,3,5-7,12H,2,4H2. The number of hydrogen-bond donors (Lipinski definition) is 1.